The van der Waals surface area contributed by atoms with Crippen LogP contribution in [0.5, 0.6) is 0 Å². The van der Waals surface area contributed by atoms with Crippen LogP contribution in [0.2, 0.25) is 0 Å². The van der Waals surface area contributed by atoms with Crippen molar-refractivity contribution in [1.29, 1.82) is 0 Å². The number of imide groups is 1. The number of nitrogens with zero attached hydrogens (tertiary/aromatic N) is 2. The maximum Gasteiger partial charge on any atom is 0.325 e. The molecular weight excluding hydrogens is 414 g/mol. The zero-order valence-corrected chi connectivity index (χ0v) is 18.0. The lowest BCUT2D eigenvalue weighted by molar-refractivity contribution is -0.133. The monoisotopic (exact) mass is 443 g/mol. The Bertz CT molecular complexity index is 875. The number of carbonyl (C=O) groups is 4. The van der Waals surface area contributed by atoms with Crippen LogP contribution >= 0.6 is 0 Å². The summed E-state index contributed by atoms with van der Waals surface area (Å²) in [5.41, 5.74) is 0.151. The van der Waals surface area contributed by atoms with Gasteiger partial charge in [-0.25, -0.2) is 4.79 Å². The highest BCUT2D eigenvalue weighted by Crippen LogP contribution is 2.34. The molecule has 3 fully saturated rings. The van der Waals surface area contributed by atoms with Gasteiger partial charge in [-0.1, -0.05) is 12.8 Å². The van der Waals surface area contributed by atoms with Crippen LogP contribution in [0, 0.1) is 0 Å². The molecule has 2 aliphatic heterocycles. The molecule has 3 aliphatic rings. The highest BCUT2D eigenvalue weighted by molar-refractivity contribution is 6.10. The number of anilines is 1. The predicted octanol–water partition coefficient (Wildman–Crippen LogP) is 0.552. The van der Waals surface area contributed by atoms with Crippen molar-refractivity contribution in [3.63, 3.8) is 0 Å². The second-order valence-electron chi connectivity index (χ2n) is 8.45. The van der Waals surface area contributed by atoms with Crippen LogP contribution in [0.1, 0.15) is 36.0 Å². The fraction of sp³-hybridized carbons (Fsp3) is 0.545. The number of hydrogen-bond donors (Lipinski definition) is 3. The summed E-state index contributed by atoms with van der Waals surface area (Å²) in [5, 5.41) is 8.33. The van der Waals surface area contributed by atoms with Gasteiger partial charge in [-0.15, -0.1) is 0 Å². The van der Waals surface area contributed by atoms with Crippen molar-refractivity contribution < 1.29 is 23.9 Å². The Hall–Kier alpha value is -2.98. The number of nitrogens with one attached hydrogen (secondary N) is 3. The van der Waals surface area contributed by atoms with E-state index in [9.17, 15) is 19.2 Å². The van der Waals surface area contributed by atoms with Crippen molar-refractivity contribution in [2.24, 2.45) is 0 Å². The molecule has 10 nitrogen and oxygen atoms in total. The molecular formula is C22H29N5O5. The molecule has 1 aromatic carbocycles. The molecule has 10 heteroatoms. The van der Waals surface area contributed by atoms with Gasteiger partial charge in [0.25, 0.3) is 11.8 Å². The van der Waals surface area contributed by atoms with E-state index < -0.39 is 17.5 Å². The molecule has 5 amide bonds. The van der Waals surface area contributed by atoms with Crippen LogP contribution in [-0.4, -0.2) is 85.0 Å². The molecule has 3 N–H and O–H groups in total. The summed E-state index contributed by atoms with van der Waals surface area (Å²) in [6.07, 6.45) is 3.01. The summed E-state index contributed by atoms with van der Waals surface area (Å²) in [4.78, 5) is 52.8. The predicted molar refractivity (Wildman–Crippen MR) is 116 cm³/mol. The second kappa shape index (κ2) is 9.66. The van der Waals surface area contributed by atoms with Gasteiger partial charge in [0, 0.05) is 37.4 Å². The number of hydrogen-bond acceptors (Lipinski definition) is 6. The first kappa shape index (κ1) is 22.2. The molecule has 2 saturated heterocycles. The number of morpholine rings is 1. The molecule has 0 bridgehead atoms. The standard InChI is InChI=1S/C22H29N5O5/c28-18(15-27-20(30)22(25-21(27)31)7-1-2-8-22)24-17-5-3-16(4-6-17)19(29)23-9-10-26-11-13-32-14-12-26/h3-6H,1-2,7-15H2,(H,23,29)(H,24,28)(H,25,31). The van der Waals surface area contributed by atoms with Crippen LogP contribution in [0.15, 0.2) is 24.3 Å². The van der Waals surface area contributed by atoms with Crippen LogP contribution in [0.3, 0.4) is 0 Å². The van der Waals surface area contributed by atoms with Gasteiger partial charge in [0.05, 0.1) is 13.2 Å². The third-order valence-electron chi connectivity index (χ3n) is 6.25. The molecule has 1 spiro atoms. The second-order valence-corrected chi connectivity index (χ2v) is 8.45. The summed E-state index contributed by atoms with van der Waals surface area (Å²) in [6, 6.07) is 5.98. The Morgan fingerprint density at radius 3 is 2.44 bits per heavy atom. The summed E-state index contributed by atoms with van der Waals surface area (Å²) in [7, 11) is 0. The van der Waals surface area contributed by atoms with E-state index in [1.165, 1.54) is 0 Å². The smallest absolute Gasteiger partial charge is 0.325 e. The number of amides is 5. The minimum atomic E-state index is -0.825. The van der Waals surface area contributed by atoms with Crippen molar-refractivity contribution in [2.45, 2.75) is 31.2 Å². The van der Waals surface area contributed by atoms with Crippen molar-refractivity contribution in [1.82, 2.24) is 20.4 Å². The van der Waals surface area contributed by atoms with Gasteiger partial charge >= 0.3 is 6.03 Å². The molecule has 0 unspecified atom stereocenters. The number of carbonyl (C=O) groups excluding carboxylic acids is 4. The van der Waals surface area contributed by atoms with Gasteiger partial charge in [0.1, 0.15) is 12.1 Å². The molecule has 1 aliphatic carbocycles. The first-order valence-corrected chi connectivity index (χ1v) is 11.1. The van der Waals surface area contributed by atoms with E-state index in [0.717, 1.165) is 50.6 Å². The number of benzene rings is 1. The highest BCUT2D eigenvalue weighted by atomic mass is 16.5. The van der Waals surface area contributed by atoms with Gasteiger partial charge in [0.15, 0.2) is 0 Å². The first-order valence-electron chi connectivity index (χ1n) is 11.1. The van der Waals surface area contributed by atoms with Crippen LogP contribution < -0.4 is 16.0 Å². The van der Waals surface area contributed by atoms with Gasteiger partial charge in [-0.3, -0.25) is 24.2 Å². The minimum absolute atomic E-state index is 0.183. The van der Waals surface area contributed by atoms with E-state index in [4.69, 9.17) is 4.74 Å². The molecule has 0 radical (unpaired) electrons. The van der Waals surface area contributed by atoms with E-state index >= 15 is 0 Å². The van der Waals surface area contributed by atoms with E-state index in [-0.39, 0.29) is 18.4 Å². The van der Waals surface area contributed by atoms with Crippen molar-refractivity contribution in [2.75, 3.05) is 51.3 Å². The van der Waals surface area contributed by atoms with E-state index in [1.807, 2.05) is 0 Å². The van der Waals surface area contributed by atoms with Crippen molar-refractivity contribution in [3.8, 4) is 0 Å². The Kier molecular flexibility index (Phi) is 6.71. The van der Waals surface area contributed by atoms with E-state index in [2.05, 4.69) is 20.9 Å². The zero-order valence-electron chi connectivity index (χ0n) is 18.0. The average Bonchev–Trinajstić information content (AvgIpc) is 3.35. The van der Waals surface area contributed by atoms with Gasteiger partial charge in [0.2, 0.25) is 5.91 Å². The molecule has 1 aromatic rings. The topological polar surface area (TPSA) is 120 Å². The lowest BCUT2D eigenvalue weighted by Gasteiger charge is -2.26. The third-order valence-corrected chi connectivity index (χ3v) is 6.25. The number of ether oxygens (including phenoxy) is 1. The molecule has 0 atom stereocenters. The van der Waals surface area contributed by atoms with Crippen LogP contribution in [0.4, 0.5) is 10.5 Å². The van der Waals surface area contributed by atoms with Crippen molar-refractivity contribution >= 4 is 29.4 Å². The molecule has 172 valence electrons. The first-order chi connectivity index (χ1) is 15.5. The highest BCUT2D eigenvalue weighted by Gasteiger charge is 2.52. The van der Waals surface area contributed by atoms with Gasteiger partial charge in [-0.05, 0) is 37.1 Å². The summed E-state index contributed by atoms with van der Waals surface area (Å²) >= 11 is 0. The largest absolute Gasteiger partial charge is 0.379 e. The van der Waals surface area contributed by atoms with E-state index in [1.54, 1.807) is 24.3 Å². The maximum atomic E-state index is 12.6. The lowest BCUT2D eigenvalue weighted by atomic mass is 9.98. The quantitative estimate of drug-likeness (QED) is 0.530. The van der Waals surface area contributed by atoms with Gasteiger partial charge in [-0.2, -0.15) is 0 Å². The minimum Gasteiger partial charge on any atom is -0.379 e. The Morgan fingerprint density at radius 1 is 1.06 bits per heavy atom. The van der Waals surface area contributed by atoms with Crippen molar-refractivity contribution in [3.05, 3.63) is 29.8 Å². The zero-order chi connectivity index (χ0) is 22.6. The molecule has 2 heterocycles. The maximum absolute atomic E-state index is 12.6. The molecule has 0 aromatic heterocycles. The Labute approximate surface area is 186 Å². The fourth-order valence-corrected chi connectivity index (χ4v) is 4.44. The van der Waals surface area contributed by atoms with Crippen LogP contribution in [0.25, 0.3) is 0 Å². The fourth-order valence-electron chi connectivity index (χ4n) is 4.44. The lowest BCUT2D eigenvalue weighted by Crippen LogP contribution is -2.44. The molecule has 32 heavy (non-hydrogen) atoms. The number of urea groups is 1. The third kappa shape index (κ3) is 4.91. The Balaban J connectivity index is 1.24. The normalized spacial score (nSPS) is 20.4. The van der Waals surface area contributed by atoms with E-state index in [0.29, 0.717) is 30.6 Å². The summed E-state index contributed by atoms with van der Waals surface area (Å²) < 4.78 is 5.31. The summed E-state index contributed by atoms with van der Waals surface area (Å²) in [5.74, 6) is -0.970. The SMILES string of the molecule is O=C(CN1C(=O)NC2(CCCC2)C1=O)Nc1ccc(C(=O)NCCN2CCOCC2)cc1. The molecule has 4 rings (SSSR count). The number of rotatable bonds is 7. The van der Waals surface area contributed by atoms with Crippen LogP contribution in [-0.2, 0) is 14.3 Å². The average molecular weight is 444 g/mol. The Morgan fingerprint density at radius 2 is 1.75 bits per heavy atom. The van der Waals surface area contributed by atoms with Gasteiger partial charge < -0.3 is 20.7 Å². The molecule has 1 saturated carbocycles. The summed E-state index contributed by atoms with van der Waals surface area (Å²) in [6.45, 7) is 4.16.